The van der Waals surface area contributed by atoms with Crippen LogP contribution in [0.2, 0.25) is 0 Å². The summed E-state index contributed by atoms with van der Waals surface area (Å²) in [6.07, 6.45) is 4.50. The van der Waals surface area contributed by atoms with Crippen molar-refractivity contribution in [2.24, 2.45) is 7.05 Å². The Balaban J connectivity index is 2.35. The van der Waals surface area contributed by atoms with Gasteiger partial charge in [-0.05, 0) is 24.3 Å². The van der Waals surface area contributed by atoms with Crippen LogP contribution in [0.15, 0.2) is 24.4 Å². The van der Waals surface area contributed by atoms with E-state index in [0.717, 1.165) is 0 Å². The number of hydrogen-bond donors (Lipinski definition) is 0. The summed E-state index contributed by atoms with van der Waals surface area (Å²) in [5.74, 6) is 1.32. The average molecular weight is 303 g/mol. The van der Waals surface area contributed by atoms with E-state index in [1.807, 2.05) is 0 Å². The highest BCUT2D eigenvalue weighted by molar-refractivity contribution is 6.05. The molecule has 0 unspecified atom stereocenters. The van der Waals surface area contributed by atoms with Crippen LogP contribution < -0.4 is 14.2 Å². The molecular weight excluding hydrogens is 286 g/mol. The molecule has 1 aromatic carbocycles. The van der Waals surface area contributed by atoms with Crippen molar-refractivity contribution >= 4 is 11.9 Å². The molecule has 0 atom stereocenters. The minimum Gasteiger partial charge on any atom is -0.493 e. The lowest BCUT2D eigenvalue weighted by Crippen LogP contribution is -2.04. The molecule has 0 bridgehead atoms. The van der Waals surface area contributed by atoms with Crippen molar-refractivity contribution in [1.29, 1.82) is 0 Å². The van der Waals surface area contributed by atoms with Gasteiger partial charge in [-0.2, -0.15) is 0 Å². The molecule has 0 saturated carbocycles. The van der Waals surface area contributed by atoms with Gasteiger partial charge >= 0.3 is 0 Å². The van der Waals surface area contributed by atoms with E-state index in [9.17, 15) is 4.79 Å². The lowest BCUT2D eigenvalue weighted by atomic mass is 10.1. The third-order valence-electron chi connectivity index (χ3n) is 3.12. The van der Waals surface area contributed by atoms with Gasteiger partial charge in [-0.3, -0.25) is 4.79 Å². The summed E-state index contributed by atoms with van der Waals surface area (Å²) in [7, 11) is 6.26. The lowest BCUT2D eigenvalue weighted by Gasteiger charge is -2.13. The average Bonchev–Trinajstić information content (AvgIpc) is 2.97. The van der Waals surface area contributed by atoms with E-state index < -0.39 is 0 Å². The van der Waals surface area contributed by atoms with E-state index in [4.69, 9.17) is 14.2 Å². The zero-order valence-corrected chi connectivity index (χ0v) is 12.9. The largest absolute Gasteiger partial charge is 0.493 e. The van der Waals surface area contributed by atoms with Crippen molar-refractivity contribution in [3.8, 4) is 17.2 Å². The van der Waals surface area contributed by atoms with E-state index >= 15 is 0 Å². The summed E-state index contributed by atoms with van der Waals surface area (Å²) in [5, 5.41) is 7.41. The summed E-state index contributed by atoms with van der Waals surface area (Å²) in [5.41, 5.74) is 1.10. The molecule has 2 rings (SSSR count). The predicted molar refractivity (Wildman–Crippen MR) is 80.5 cm³/mol. The number of hydrogen-bond acceptors (Lipinski definition) is 6. The molecule has 1 heterocycles. The number of aryl methyl sites for hydroxylation is 1. The highest BCUT2D eigenvalue weighted by atomic mass is 16.5. The molecule has 0 radical (unpaired) electrons. The number of ketones is 1. The summed E-state index contributed by atoms with van der Waals surface area (Å²) >= 11 is 0. The Labute approximate surface area is 128 Å². The number of allylic oxidation sites excluding steroid dienone is 1. The van der Waals surface area contributed by atoms with Crippen molar-refractivity contribution in [3.63, 3.8) is 0 Å². The minimum absolute atomic E-state index is 0.204. The highest BCUT2D eigenvalue weighted by Gasteiger charge is 2.15. The second-order valence-corrected chi connectivity index (χ2v) is 4.36. The molecule has 2 aromatic rings. The molecule has 22 heavy (non-hydrogen) atoms. The number of carbonyl (C=O) groups is 1. The maximum Gasteiger partial charge on any atom is 0.205 e. The fraction of sp³-hybridized carbons (Fsp3) is 0.267. The van der Waals surface area contributed by atoms with Crippen LogP contribution in [-0.4, -0.2) is 42.1 Å². The van der Waals surface area contributed by atoms with Gasteiger partial charge in [0.05, 0.1) is 27.5 Å². The summed E-state index contributed by atoms with van der Waals surface area (Å²) in [4.78, 5) is 12.1. The van der Waals surface area contributed by atoms with E-state index in [1.165, 1.54) is 31.2 Å². The van der Waals surface area contributed by atoms with Gasteiger partial charge in [0.1, 0.15) is 5.69 Å². The van der Waals surface area contributed by atoms with Crippen LogP contribution in [0.3, 0.4) is 0 Å². The quantitative estimate of drug-likeness (QED) is 0.597. The van der Waals surface area contributed by atoms with Crippen molar-refractivity contribution in [3.05, 3.63) is 35.7 Å². The molecule has 0 N–H and O–H groups in total. The van der Waals surface area contributed by atoms with Crippen LogP contribution >= 0.6 is 0 Å². The molecule has 0 aliphatic rings. The molecule has 0 aliphatic carbocycles. The number of rotatable bonds is 6. The molecule has 0 spiro atoms. The Bertz CT molecular complexity index is 707. The first-order chi connectivity index (χ1) is 10.6. The molecule has 116 valence electrons. The molecular formula is C15H17N3O4. The van der Waals surface area contributed by atoms with Gasteiger partial charge in [-0.1, -0.05) is 5.21 Å². The molecule has 0 saturated heterocycles. The normalized spacial score (nSPS) is 10.7. The van der Waals surface area contributed by atoms with Crippen LogP contribution in [0, 0.1) is 0 Å². The first-order valence-electron chi connectivity index (χ1n) is 6.48. The minimum atomic E-state index is -0.204. The zero-order chi connectivity index (χ0) is 16.1. The summed E-state index contributed by atoms with van der Waals surface area (Å²) < 4.78 is 17.3. The van der Waals surface area contributed by atoms with E-state index in [-0.39, 0.29) is 5.78 Å². The second kappa shape index (κ2) is 6.75. The fourth-order valence-corrected chi connectivity index (χ4v) is 2.02. The van der Waals surface area contributed by atoms with Gasteiger partial charge < -0.3 is 14.2 Å². The number of aromatic nitrogens is 3. The van der Waals surface area contributed by atoms with Crippen molar-refractivity contribution in [2.45, 2.75) is 0 Å². The molecule has 0 amide bonds. The number of nitrogens with zero attached hydrogens (tertiary/aromatic N) is 3. The third-order valence-corrected chi connectivity index (χ3v) is 3.12. The number of ether oxygens (including phenoxy) is 3. The standard InChI is InChI=1S/C15H17N3O4/c1-18-11(9-16-17-18)12(19)7-5-10-6-8-13(20-2)15(22-4)14(10)21-3/h5-9H,1-4H3/b7-5+. The van der Waals surface area contributed by atoms with Crippen molar-refractivity contribution in [1.82, 2.24) is 15.0 Å². The fourth-order valence-electron chi connectivity index (χ4n) is 2.02. The van der Waals surface area contributed by atoms with Crippen LogP contribution in [-0.2, 0) is 7.05 Å². The maximum absolute atomic E-state index is 12.1. The first kappa shape index (κ1) is 15.6. The van der Waals surface area contributed by atoms with E-state index in [2.05, 4.69) is 10.3 Å². The number of carbonyl (C=O) groups excluding carboxylic acids is 1. The highest BCUT2D eigenvalue weighted by Crippen LogP contribution is 2.40. The third kappa shape index (κ3) is 2.93. The van der Waals surface area contributed by atoms with Crippen LogP contribution in [0.1, 0.15) is 16.1 Å². The van der Waals surface area contributed by atoms with Crippen LogP contribution in [0.4, 0.5) is 0 Å². The van der Waals surface area contributed by atoms with Gasteiger partial charge in [0.2, 0.25) is 11.5 Å². The van der Waals surface area contributed by atoms with Gasteiger partial charge in [0.25, 0.3) is 0 Å². The molecule has 7 nitrogen and oxygen atoms in total. The number of methoxy groups -OCH3 is 3. The first-order valence-corrected chi connectivity index (χ1v) is 6.48. The SMILES string of the molecule is COc1ccc(/C=C/C(=O)c2cnnn2C)c(OC)c1OC. The Hall–Kier alpha value is -2.83. The monoisotopic (exact) mass is 303 g/mol. The van der Waals surface area contributed by atoms with Gasteiger partial charge in [-0.25, -0.2) is 4.68 Å². The van der Waals surface area contributed by atoms with E-state index in [1.54, 1.807) is 32.4 Å². The van der Waals surface area contributed by atoms with Gasteiger partial charge in [0, 0.05) is 12.6 Å². The predicted octanol–water partition coefficient (Wildman–Crippen LogP) is 1.74. The molecule has 0 fully saturated rings. The summed E-state index contributed by atoms with van der Waals surface area (Å²) in [6, 6.07) is 3.53. The number of benzene rings is 1. The topological polar surface area (TPSA) is 75.5 Å². The molecule has 1 aromatic heterocycles. The van der Waals surface area contributed by atoms with E-state index in [0.29, 0.717) is 28.5 Å². The van der Waals surface area contributed by atoms with Crippen molar-refractivity contribution in [2.75, 3.05) is 21.3 Å². The maximum atomic E-state index is 12.1. The smallest absolute Gasteiger partial charge is 0.205 e. The van der Waals surface area contributed by atoms with Crippen LogP contribution in [0.25, 0.3) is 6.08 Å². The lowest BCUT2D eigenvalue weighted by molar-refractivity contribution is 0.103. The Morgan fingerprint density at radius 3 is 2.41 bits per heavy atom. The Morgan fingerprint density at radius 2 is 1.86 bits per heavy atom. The Morgan fingerprint density at radius 1 is 1.14 bits per heavy atom. The molecule has 0 aliphatic heterocycles. The molecule has 7 heteroatoms. The zero-order valence-electron chi connectivity index (χ0n) is 12.9. The van der Waals surface area contributed by atoms with Crippen LogP contribution in [0.5, 0.6) is 17.2 Å². The summed E-state index contributed by atoms with van der Waals surface area (Å²) in [6.45, 7) is 0. The van der Waals surface area contributed by atoms with Gasteiger partial charge in [-0.15, -0.1) is 5.10 Å². The van der Waals surface area contributed by atoms with Crippen molar-refractivity contribution < 1.29 is 19.0 Å². The Kier molecular flexibility index (Phi) is 4.77. The van der Waals surface area contributed by atoms with Gasteiger partial charge in [0.15, 0.2) is 11.5 Å². The second-order valence-electron chi connectivity index (χ2n) is 4.36.